The monoisotopic (exact) mass is 448 g/mol. The number of benzene rings is 2. The van der Waals surface area contributed by atoms with E-state index in [1.54, 1.807) is 36.4 Å². The second-order valence-electron chi connectivity index (χ2n) is 8.19. The lowest BCUT2D eigenvalue weighted by molar-refractivity contribution is -0.119. The van der Waals surface area contributed by atoms with Crippen LogP contribution >= 0.6 is 0 Å². The number of rotatable bonds is 8. The van der Waals surface area contributed by atoms with Crippen LogP contribution in [0.2, 0.25) is 0 Å². The zero-order valence-electron chi connectivity index (χ0n) is 19.3. The lowest BCUT2D eigenvalue weighted by atomic mass is 10.2. The third-order valence-corrected chi connectivity index (χ3v) is 4.92. The van der Waals surface area contributed by atoms with Gasteiger partial charge in [0.2, 0.25) is 0 Å². The molecule has 1 amide bonds. The number of nitrogens with one attached hydrogen (secondary N) is 1. The molecule has 0 saturated carbocycles. The van der Waals surface area contributed by atoms with Gasteiger partial charge in [0.15, 0.2) is 6.61 Å². The summed E-state index contributed by atoms with van der Waals surface area (Å²) in [5, 5.41) is 2.63. The molecule has 1 heterocycles. The highest BCUT2D eigenvalue weighted by atomic mass is 16.5. The van der Waals surface area contributed by atoms with Crippen molar-refractivity contribution in [1.82, 2.24) is 4.57 Å². The minimum atomic E-state index is -0.583. The molecule has 0 saturated heterocycles. The zero-order chi connectivity index (χ0) is 24.0. The van der Waals surface area contributed by atoms with Gasteiger partial charge in [-0.25, -0.2) is 9.59 Å². The molecule has 172 valence electrons. The Balaban J connectivity index is 1.50. The van der Waals surface area contributed by atoms with Gasteiger partial charge in [0.05, 0.1) is 17.7 Å². The molecule has 1 aromatic heterocycles. The molecule has 0 aliphatic heterocycles. The first-order chi connectivity index (χ1) is 15.7. The van der Waals surface area contributed by atoms with Gasteiger partial charge in [-0.15, -0.1) is 0 Å². The molecule has 0 aliphatic carbocycles. The summed E-state index contributed by atoms with van der Waals surface area (Å²) in [5.74, 6) is -1.22. The Morgan fingerprint density at radius 1 is 0.788 bits per heavy atom. The highest BCUT2D eigenvalue weighted by Gasteiger charge is 2.13. The average Bonchev–Trinajstić information content (AvgIpc) is 3.14. The SMILES string of the molecule is Cc1ccc(C)n1-c1ccc(C(=O)OCC(=O)Nc2ccc(C(=O)OCC(C)C)cc2)cc1. The molecule has 0 aliphatic rings. The van der Waals surface area contributed by atoms with E-state index < -0.39 is 24.5 Å². The molecule has 33 heavy (non-hydrogen) atoms. The van der Waals surface area contributed by atoms with E-state index in [0.29, 0.717) is 23.4 Å². The number of carbonyl (C=O) groups is 3. The van der Waals surface area contributed by atoms with Crippen LogP contribution in [0.25, 0.3) is 5.69 Å². The van der Waals surface area contributed by atoms with Gasteiger partial charge in [-0.3, -0.25) is 4.79 Å². The van der Waals surface area contributed by atoms with Crippen molar-refractivity contribution in [1.29, 1.82) is 0 Å². The molecular weight excluding hydrogens is 420 g/mol. The number of hydrogen-bond donors (Lipinski definition) is 1. The summed E-state index contributed by atoms with van der Waals surface area (Å²) in [4.78, 5) is 36.4. The highest BCUT2D eigenvalue weighted by molar-refractivity contribution is 5.96. The lowest BCUT2D eigenvalue weighted by Gasteiger charge is -2.11. The van der Waals surface area contributed by atoms with E-state index in [0.717, 1.165) is 17.1 Å². The van der Waals surface area contributed by atoms with Crippen LogP contribution in [0.1, 0.15) is 46.0 Å². The number of amides is 1. The summed E-state index contributed by atoms with van der Waals surface area (Å²) in [7, 11) is 0. The third kappa shape index (κ3) is 6.32. The first-order valence-corrected chi connectivity index (χ1v) is 10.7. The van der Waals surface area contributed by atoms with E-state index in [2.05, 4.69) is 9.88 Å². The fraction of sp³-hybridized carbons (Fsp3) is 0.269. The Morgan fingerprint density at radius 2 is 1.30 bits per heavy atom. The van der Waals surface area contributed by atoms with Crippen LogP contribution in [0, 0.1) is 19.8 Å². The summed E-state index contributed by atoms with van der Waals surface area (Å²) in [6, 6.07) is 17.4. The highest BCUT2D eigenvalue weighted by Crippen LogP contribution is 2.17. The van der Waals surface area contributed by atoms with Gasteiger partial charge >= 0.3 is 11.9 Å². The standard InChI is InChI=1S/C26H28N2O5/c1-17(2)15-32-25(30)20-7-11-22(12-8-20)27-24(29)16-33-26(31)21-9-13-23(14-10-21)28-18(3)5-6-19(28)4/h5-14,17H,15-16H2,1-4H3,(H,27,29). The van der Waals surface area contributed by atoms with Crippen molar-refractivity contribution < 1.29 is 23.9 Å². The van der Waals surface area contributed by atoms with E-state index in [-0.39, 0.29) is 5.92 Å². The quantitative estimate of drug-likeness (QED) is 0.505. The predicted octanol–water partition coefficient (Wildman–Crippen LogP) is 4.70. The Labute approximate surface area is 193 Å². The van der Waals surface area contributed by atoms with Gasteiger partial charge in [0, 0.05) is 22.8 Å². The van der Waals surface area contributed by atoms with Crippen LogP contribution < -0.4 is 5.32 Å². The van der Waals surface area contributed by atoms with Crippen LogP contribution in [0.4, 0.5) is 5.69 Å². The van der Waals surface area contributed by atoms with Crippen LogP contribution in [0.5, 0.6) is 0 Å². The van der Waals surface area contributed by atoms with Crippen molar-refractivity contribution in [3.8, 4) is 5.69 Å². The molecule has 7 heteroatoms. The number of carbonyl (C=O) groups excluding carboxylic acids is 3. The number of esters is 2. The van der Waals surface area contributed by atoms with Gasteiger partial charge in [0.1, 0.15) is 0 Å². The molecule has 0 spiro atoms. The summed E-state index contributed by atoms with van der Waals surface area (Å²) >= 11 is 0. The first-order valence-electron chi connectivity index (χ1n) is 10.7. The van der Waals surface area contributed by atoms with Gasteiger partial charge in [0.25, 0.3) is 5.91 Å². The van der Waals surface area contributed by atoms with Crippen molar-refractivity contribution >= 4 is 23.5 Å². The number of aromatic nitrogens is 1. The van der Waals surface area contributed by atoms with E-state index in [9.17, 15) is 14.4 Å². The number of anilines is 1. The van der Waals surface area contributed by atoms with Crippen LogP contribution in [-0.4, -0.2) is 35.6 Å². The minimum absolute atomic E-state index is 0.251. The smallest absolute Gasteiger partial charge is 0.338 e. The van der Waals surface area contributed by atoms with Crippen molar-refractivity contribution in [3.05, 3.63) is 83.2 Å². The predicted molar refractivity (Wildman–Crippen MR) is 126 cm³/mol. The normalized spacial score (nSPS) is 10.7. The molecule has 3 rings (SSSR count). The molecule has 2 aromatic carbocycles. The second kappa shape index (κ2) is 10.6. The van der Waals surface area contributed by atoms with Gasteiger partial charge in [-0.2, -0.15) is 0 Å². The maximum absolute atomic E-state index is 12.3. The topological polar surface area (TPSA) is 86.6 Å². The minimum Gasteiger partial charge on any atom is -0.462 e. The zero-order valence-corrected chi connectivity index (χ0v) is 19.3. The lowest BCUT2D eigenvalue weighted by Crippen LogP contribution is -2.21. The first kappa shape index (κ1) is 23.8. The molecule has 0 atom stereocenters. The average molecular weight is 449 g/mol. The summed E-state index contributed by atoms with van der Waals surface area (Å²) in [5.41, 5.74) is 4.38. The van der Waals surface area contributed by atoms with Crippen LogP contribution in [0.3, 0.4) is 0 Å². The van der Waals surface area contributed by atoms with Gasteiger partial charge in [-0.05, 0) is 80.4 Å². The Hall–Kier alpha value is -3.87. The maximum atomic E-state index is 12.3. The fourth-order valence-electron chi connectivity index (χ4n) is 3.25. The molecule has 7 nitrogen and oxygen atoms in total. The van der Waals surface area contributed by atoms with Crippen LogP contribution in [-0.2, 0) is 14.3 Å². The van der Waals surface area contributed by atoms with Gasteiger partial charge in [-0.1, -0.05) is 13.8 Å². The van der Waals surface area contributed by atoms with E-state index >= 15 is 0 Å². The largest absolute Gasteiger partial charge is 0.462 e. The van der Waals surface area contributed by atoms with Crippen molar-refractivity contribution in [3.63, 3.8) is 0 Å². The molecule has 0 unspecified atom stereocenters. The number of ether oxygens (including phenoxy) is 2. The summed E-state index contributed by atoms with van der Waals surface area (Å²) < 4.78 is 12.4. The van der Waals surface area contributed by atoms with E-state index in [4.69, 9.17) is 9.47 Å². The van der Waals surface area contributed by atoms with Crippen molar-refractivity contribution in [2.45, 2.75) is 27.7 Å². The van der Waals surface area contributed by atoms with Crippen molar-refractivity contribution in [2.24, 2.45) is 5.92 Å². The molecule has 0 bridgehead atoms. The second-order valence-corrected chi connectivity index (χ2v) is 8.19. The van der Waals surface area contributed by atoms with Crippen LogP contribution in [0.15, 0.2) is 60.7 Å². The van der Waals surface area contributed by atoms with Gasteiger partial charge < -0.3 is 19.4 Å². The molecule has 0 radical (unpaired) electrons. The Bertz CT molecular complexity index is 1110. The third-order valence-electron chi connectivity index (χ3n) is 4.92. The molecular formula is C26H28N2O5. The Morgan fingerprint density at radius 3 is 1.85 bits per heavy atom. The maximum Gasteiger partial charge on any atom is 0.338 e. The number of aryl methyl sites for hydroxylation is 2. The number of nitrogens with zero attached hydrogens (tertiary/aromatic N) is 1. The van der Waals surface area contributed by atoms with E-state index in [1.807, 2.05) is 52.0 Å². The Kier molecular flexibility index (Phi) is 7.66. The molecule has 3 aromatic rings. The summed E-state index contributed by atoms with van der Waals surface area (Å²) in [6.45, 7) is 7.86. The molecule has 0 fully saturated rings. The number of hydrogen-bond acceptors (Lipinski definition) is 5. The molecule has 1 N–H and O–H groups in total. The fourth-order valence-corrected chi connectivity index (χ4v) is 3.25. The van der Waals surface area contributed by atoms with Crippen molar-refractivity contribution in [2.75, 3.05) is 18.5 Å². The van der Waals surface area contributed by atoms with E-state index in [1.165, 1.54) is 0 Å². The summed E-state index contributed by atoms with van der Waals surface area (Å²) in [6.07, 6.45) is 0.